The first-order valence-corrected chi connectivity index (χ1v) is 11.4. The predicted octanol–water partition coefficient (Wildman–Crippen LogP) is 4.35. The largest absolute Gasteiger partial charge is 0.349 e. The fourth-order valence-corrected chi connectivity index (χ4v) is 3.94. The van der Waals surface area contributed by atoms with Gasteiger partial charge in [0.2, 0.25) is 0 Å². The van der Waals surface area contributed by atoms with Crippen LogP contribution in [0.3, 0.4) is 0 Å². The molecular formula is C25H28N4O3. The SMILES string of the molecule is Cc1noc2nc(C(C)C)cc(C(=O)N(Cc3ccc(C(=O)NC4CC4)cc3)C3CC3)c12. The van der Waals surface area contributed by atoms with Gasteiger partial charge in [0.05, 0.1) is 16.6 Å². The summed E-state index contributed by atoms with van der Waals surface area (Å²) in [5, 5.41) is 7.75. The molecule has 0 spiro atoms. The van der Waals surface area contributed by atoms with Crippen LogP contribution in [0.1, 0.15) is 83.1 Å². The van der Waals surface area contributed by atoms with Gasteiger partial charge in [-0.2, -0.15) is 0 Å². The van der Waals surface area contributed by atoms with Gasteiger partial charge in [0.1, 0.15) is 0 Å². The minimum absolute atomic E-state index is 0.0244. The Morgan fingerprint density at radius 3 is 2.50 bits per heavy atom. The van der Waals surface area contributed by atoms with Crippen LogP contribution in [-0.2, 0) is 6.54 Å². The van der Waals surface area contributed by atoms with Crippen molar-refractivity contribution in [2.24, 2.45) is 0 Å². The molecule has 2 aromatic heterocycles. The van der Waals surface area contributed by atoms with E-state index < -0.39 is 0 Å². The zero-order chi connectivity index (χ0) is 22.4. The highest BCUT2D eigenvalue weighted by Crippen LogP contribution is 2.33. The number of rotatable bonds is 7. The number of aromatic nitrogens is 2. The molecule has 0 unspecified atom stereocenters. The van der Waals surface area contributed by atoms with Crippen molar-refractivity contribution in [3.63, 3.8) is 0 Å². The maximum atomic E-state index is 13.7. The standard InChI is InChI=1S/C25H28N4O3/c1-14(2)21-12-20(22-15(3)28-32-24(22)27-21)25(31)29(19-10-11-19)13-16-4-6-17(7-5-16)23(30)26-18-8-9-18/h4-7,12,14,18-19H,8-11,13H2,1-3H3,(H,26,30). The Hall–Kier alpha value is -3.22. The molecule has 7 nitrogen and oxygen atoms in total. The summed E-state index contributed by atoms with van der Waals surface area (Å²) < 4.78 is 5.40. The second-order valence-electron chi connectivity index (χ2n) is 9.31. The Morgan fingerprint density at radius 1 is 1.16 bits per heavy atom. The molecule has 0 bridgehead atoms. The van der Waals surface area contributed by atoms with Crippen molar-refractivity contribution in [1.82, 2.24) is 20.4 Å². The van der Waals surface area contributed by atoms with Gasteiger partial charge in [-0.25, -0.2) is 4.98 Å². The quantitative estimate of drug-likeness (QED) is 0.600. The third-order valence-corrected chi connectivity index (χ3v) is 6.19. The summed E-state index contributed by atoms with van der Waals surface area (Å²) in [6.45, 7) is 6.43. The Balaban J connectivity index is 1.41. The van der Waals surface area contributed by atoms with Crippen molar-refractivity contribution >= 4 is 22.9 Å². The molecule has 166 valence electrons. The van der Waals surface area contributed by atoms with Gasteiger partial charge in [-0.1, -0.05) is 31.1 Å². The van der Waals surface area contributed by atoms with E-state index in [1.54, 1.807) is 0 Å². The molecule has 1 N–H and O–H groups in total. The molecular weight excluding hydrogens is 404 g/mol. The summed E-state index contributed by atoms with van der Waals surface area (Å²) in [4.78, 5) is 32.5. The first-order chi connectivity index (χ1) is 15.4. The molecule has 1 aromatic carbocycles. The molecule has 2 heterocycles. The maximum Gasteiger partial charge on any atom is 0.259 e. The number of fused-ring (bicyclic) bond motifs is 1. The normalized spacial score (nSPS) is 15.9. The molecule has 3 aromatic rings. The second kappa shape index (κ2) is 8.04. The number of aryl methyl sites for hydroxylation is 1. The first-order valence-electron chi connectivity index (χ1n) is 11.4. The number of nitrogens with zero attached hydrogens (tertiary/aromatic N) is 3. The number of carbonyl (C=O) groups is 2. The third kappa shape index (κ3) is 4.11. The second-order valence-corrected chi connectivity index (χ2v) is 9.31. The number of pyridine rings is 1. The molecule has 0 radical (unpaired) electrons. The zero-order valence-electron chi connectivity index (χ0n) is 18.7. The lowest BCUT2D eigenvalue weighted by atomic mass is 10.0. The topological polar surface area (TPSA) is 88.3 Å². The van der Waals surface area contributed by atoms with Crippen molar-refractivity contribution < 1.29 is 14.1 Å². The van der Waals surface area contributed by atoms with Gasteiger partial charge in [0, 0.05) is 29.9 Å². The number of benzene rings is 1. The Bertz CT molecular complexity index is 1170. The van der Waals surface area contributed by atoms with Crippen molar-refractivity contribution in [2.75, 3.05) is 0 Å². The van der Waals surface area contributed by atoms with Crippen molar-refractivity contribution in [3.8, 4) is 0 Å². The summed E-state index contributed by atoms with van der Waals surface area (Å²) in [5.74, 6) is 0.112. The molecule has 2 fully saturated rings. The molecule has 32 heavy (non-hydrogen) atoms. The van der Waals surface area contributed by atoms with Crippen LogP contribution in [0.2, 0.25) is 0 Å². The summed E-state index contributed by atoms with van der Waals surface area (Å²) in [7, 11) is 0. The van der Waals surface area contributed by atoms with E-state index in [0.717, 1.165) is 36.9 Å². The van der Waals surface area contributed by atoms with E-state index in [-0.39, 0.29) is 23.8 Å². The summed E-state index contributed by atoms with van der Waals surface area (Å²) in [6, 6.07) is 10.0. The van der Waals surface area contributed by atoms with E-state index in [1.165, 1.54) is 0 Å². The van der Waals surface area contributed by atoms with E-state index in [2.05, 4.69) is 15.5 Å². The van der Waals surface area contributed by atoms with Gasteiger partial charge in [0.15, 0.2) is 0 Å². The summed E-state index contributed by atoms with van der Waals surface area (Å²) in [6.07, 6.45) is 4.13. The van der Waals surface area contributed by atoms with Gasteiger partial charge in [-0.05, 0) is 62.3 Å². The Kier molecular flexibility index (Phi) is 5.19. The van der Waals surface area contributed by atoms with Gasteiger partial charge >= 0.3 is 0 Å². The molecule has 2 aliphatic carbocycles. The smallest absolute Gasteiger partial charge is 0.259 e. The molecule has 0 saturated heterocycles. The number of carbonyl (C=O) groups excluding carboxylic acids is 2. The van der Waals surface area contributed by atoms with Crippen molar-refractivity contribution in [1.29, 1.82) is 0 Å². The lowest BCUT2D eigenvalue weighted by Crippen LogP contribution is -2.33. The molecule has 2 amide bonds. The molecule has 5 rings (SSSR count). The van der Waals surface area contributed by atoms with Crippen LogP contribution in [-0.4, -0.2) is 38.9 Å². The van der Waals surface area contributed by atoms with Crippen LogP contribution in [0, 0.1) is 6.92 Å². The van der Waals surface area contributed by atoms with E-state index in [0.29, 0.717) is 40.5 Å². The van der Waals surface area contributed by atoms with E-state index >= 15 is 0 Å². The van der Waals surface area contributed by atoms with Crippen LogP contribution in [0.15, 0.2) is 34.9 Å². The average Bonchev–Trinajstić information content (AvgIpc) is 3.71. The minimum atomic E-state index is -0.0301. The van der Waals surface area contributed by atoms with Crippen LogP contribution < -0.4 is 5.32 Å². The van der Waals surface area contributed by atoms with Gasteiger partial charge in [0.25, 0.3) is 17.5 Å². The monoisotopic (exact) mass is 432 g/mol. The predicted molar refractivity (Wildman–Crippen MR) is 120 cm³/mol. The van der Waals surface area contributed by atoms with Gasteiger partial charge in [-0.15, -0.1) is 0 Å². The van der Waals surface area contributed by atoms with Crippen LogP contribution in [0.5, 0.6) is 0 Å². The minimum Gasteiger partial charge on any atom is -0.349 e. The Labute approximate surface area is 187 Å². The number of amides is 2. The highest BCUT2D eigenvalue weighted by molar-refractivity contribution is 6.06. The van der Waals surface area contributed by atoms with Crippen molar-refractivity contribution in [2.45, 2.75) is 71.0 Å². The number of hydrogen-bond acceptors (Lipinski definition) is 5. The first kappa shape index (κ1) is 20.7. The van der Waals surface area contributed by atoms with Crippen LogP contribution >= 0.6 is 0 Å². The van der Waals surface area contributed by atoms with Crippen LogP contribution in [0.4, 0.5) is 0 Å². The summed E-state index contributed by atoms with van der Waals surface area (Å²) >= 11 is 0. The molecule has 7 heteroatoms. The lowest BCUT2D eigenvalue weighted by molar-refractivity contribution is 0.0731. The molecule has 0 aliphatic heterocycles. The van der Waals surface area contributed by atoms with E-state index in [9.17, 15) is 9.59 Å². The van der Waals surface area contributed by atoms with E-state index in [4.69, 9.17) is 4.52 Å². The Morgan fingerprint density at radius 2 is 1.88 bits per heavy atom. The van der Waals surface area contributed by atoms with Gasteiger partial charge < -0.3 is 14.7 Å². The van der Waals surface area contributed by atoms with Gasteiger partial charge in [-0.3, -0.25) is 9.59 Å². The van der Waals surface area contributed by atoms with Crippen LogP contribution in [0.25, 0.3) is 11.1 Å². The molecule has 2 saturated carbocycles. The van der Waals surface area contributed by atoms with Crippen molar-refractivity contribution in [3.05, 3.63) is 58.4 Å². The fourth-order valence-electron chi connectivity index (χ4n) is 3.94. The fraction of sp³-hybridized carbons (Fsp3) is 0.440. The molecule has 0 atom stereocenters. The average molecular weight is 433 g/mol. The number of hydrogen-bond donors (Lipinski definition) is 1. The highest BCUT2D eigenvalue weighted by Gasteiger charge is 2.35. The number of nitrogens with one attached hydrogen (secondary N) is 1. The lowest BCUT2D eigenvalue weighted by Gasteiger charge is -2.23. The summed E-state index contributed by atoms with van der Waals surface area (Å²) in [5.41, 5.74) is 4.17. The highest BCUT2D eigenvalue weighted by atomic mass is 16.5. The zero-order valence-corrected chi connectivity index (χ0v) is 18.7. The maximum absolute atomic E-state index is 13.7. The third-order valence-electron chi connectivity index (χ3n) is 6.19. The molecule has 2 aliphatic rings. The van der Waals surface area contributed by atoms with E-state index in [1.807, 2.05) is 56.0 Å².